The summed E-state index contributed by atoms with van der Waals surface area (Å²) in [7, 11) is 1.44. The van der Waals surface area contributed by atoms with E-state index in [2.05, 4.69) is 13.8 Å². The van der Waals surface area contributed by atoms with Crippen molar-refractivity contribution in [3.8, 4) is 0 Å². The number of methoxy groups -OCH3 is 1. The molecular formula is C13H27NO2. The van der Waals surface area contributed by atoms with Crippen molar-refractivity contribution in [3.63, 3.8) is 0 Å². The third kappa shape index (κ3) is 5.99. The first-order valence-corrected chi connectivity index (χ1v) is 6.51. The molecule has 0 aliphatic rings. The lowest BCUT2D eigenvalue weighted by Crippen LogP contribution is -2.38. The largest absolute Gasteiger partial charge is 0.453 e. The van der Waals surface area contributed by atoms with Crippen molar-refractivity contribution in [1.29, 1.82) is 0 Å². The van der Waals surface area contributed by atoms with Crippen molar-refractivity contribution in [1.82, 2.24) is 4.90 Å². The number of hydrogen-bond acceptors (Lipinski definition) is 2. The molecule has 0 aromatic rings. The number of carbonyl (C=O) groups excluding carboxylic acids is 1. The molecule has 0 saturated carbocycles. The van der Waals surface area contributed by atoms with Crippen molar-refractivity contribution in [2.45, 2.75) is 65.3 Å². The average Bonchev–Trinajstić information content (AvgIpc) is 2.29. The molecule has 0 bridgehead atoms. The first-order chi connectivity index (χ1) is 7.67. The molecule has 96 valence electrons. The van der Waals surface area contributed by atoms with E-state index in [-0.39, 0.29) is 6.09 Å². The van der Waals surface area contributed by atoms with Crippen LogP contribution in [0, 0.1) is 0 Å². The average molecular weight is 229 g/mol. The molecule has 1 amide bonds. The summed E-state index contributed by atoms with van der Waals surface area (Å²) in [5, 5.41) is 0. The molecule has 1 atom stereocenters. The second-order valence-electron chi connectivity index (χ2n) is 4.31. The highest BCUT2D eigenvalue weighted by Crippen LogP contribution is 2.12. The van der Waals surface area contributed by atoms with Gasteiger partial charge in [0.25, 0.3) is 0 Å². The van der Waals surface area contributed by atoms with Crippen LogP contribution in [0.25, 0.3) is 0 Å². The number of rotatable bonds is 8. The molecule has 3 heteroatoms. The summed E-state index contributed by atoms with van der Waals surface area (Å²) in [6, 6.07) is 0.291. The van der Waals surface area contributed by atoms with E-state index in [0.29, 0.717) is 6.04 Å². The number of unbranched alkanes of at least 4 members (excludes halogenated alkanes) is 4. The maximum atomic E-state index is 11.4. The summed E-state index contributed by atoms with van der Waals surface area (Å²) in [5.41, 5.74) is 0. The highest BCUT2D eigenvalue weighted by atomic mass is 16.5. The standard InChI is InChI=1S/C13H27NO2/c1-5-7-8-9-10-11-12(3)14(6-2)13(15)16-4/h12H,5-11H2,1-4H3. The van der Waals surface area contributed by atoms with E-state index in [1.807, 2.05) is 6.92 Å². The van der Waals surface area contributed by atoms with Crippen LogP contribution < -0.4 is 0 Å². The predicted octanol–water partition coefficient (Wildman–Crippen LogP) is 3.82. The van der Waals surface area contributed by atoms with Gasteiger partial charge < -0.3 is 9.64 Å². The monoisotopic (exact) mass is 229 g/mol. The van der Waals surface area contributed by atoms with Crippen LogP contribution in [0.2, 0.25) is 0 Å². The molecule has 0 rings (SSSR count). The highest BCUT2D eigenvalue weighted by molar-refractivity contribution is 5.67. The van der Waals surface area contributed by atoms with Gasteiger partial charge in [-0.05, 0) is 20.3 Å². The van der Waals surface area contributed by atoms with Crippen LogP contribution in [0.5, 0.6) is 0 Å². The first-order valence-electron chi connectivity index (χ1n) is 6.51. The van der Waals surface area contributed by atoms with E-state index in [1.54, 1.807) is 4.90 Å². The lowest BCUT2D eigenvalue weighted by atomic mass is 10.1. The number of hydrogen-bond donors (Lipinski definition) is 0. The lowest BCUT2D eigenvalue weighted by molar-refractivity contribution is 0.108. The normalized spacial score (nSPS) is 12.2. The van der Waals surface area contributed by atoms with E-state index in [0.717, 1.165) is 13.0 Å². The van der Waals surface area contributed by atoms with Gasteiger partial charge in [-0.1, -0.05) is 39.0 Å². The summed E-state index contributed by atoms with van der Waals surface area (Å²) in [4.78, 5) is 13.2. The Bertz CT molecular complexity index is 183. The van der Waals surface area contributed by atoms with Crippen LogP contribution in [0.15, 0.2) is 0 Å². The summed E-state index contributed by atoms with van der Waals surface area (Å²) >= 11 is 0. The summed E-state index contributed by atoms with van der Waals surface area (Å²) < 4.78 is 4.76. The van der Waals surface area contributed by atoms with E-state index in [4.69, 9.17) is 4.74 Å². The minimum absolute atomic E-state index is 0.205. The van der Waals surface area contributed by atoms with Crippen molar-refractivity contribution in [3.05, 3.63) is 0 Å². The molecule has 0 saturated heterocycles. The van der Waals surface area contributed by atoms with Gasteiger partial charge in [-0.3, -0.25) is 0 Å². The Morgan fingerprint density at radius 2 is 1.81 bits per heavy atom. The van der Waals surface area contributed by atoms with Gasteiger partial charge in [0.15, 0.2) is 0 Å². The van der Waals surface area contributed by atoms with E-state index < -0.39 is 0 Å². The molecule has 3 nitrogen and oxygen atoms in total. The van der Waals surface area contributed by atoms with Gasteiger partial charge >= 0.3 is 6.09 Å². The second-order valence-corrected chi connectivity index (χ2v) is 4.31. The third-order valence-corrected chi connectivity index (χ3v) is 3.01. The van der Waals surface area contributed by atoms with E-state index in [9.17, 15) is 4.79 Å². The zero-order valence-corrected chi connectivity index (χ0v) is 11.3. The van der Waals surface area contributed by atoms with Crippen LogP contribution in [0.3, 0.4) is 0 Å². The molecule has 0 N–H and O–H groups in total. The van der Waals surface area contributed by atoms with Gasteiger partial charge in [0.1, 0.15) is 0 Å². The fraction of sp³-hybridized carbons (Fsp3) is 0.923. The molecular weight excluding hydrogens is 202 g/mol. The molecule has 0 spiro atoms. The Labute approximate surface area is 100 Å². The van der Waals surface area contributed by atoms with Crippen molar-refractivity contribution in [2.75, 3.05) is 13.7 Å². The zero-order chi connectivity index (χ0) is 12.4. The molecule has 0 aliphatic carbocycles. The van der Waals surface area contributed by atoms with Crippen molar-refractivity contribution in [2.24, 2.45) is 0 Å². The maximum absolute atomic E-state index is 11.4. The smallest absolute Gasteiger partial charge is 0.409 e. The summed E-state index contributed by atoms with van der Waals surface area (Å²) in [6.45, 7) is 7.03. The van der Waals surface area contributed by atoms with Gasteiger partial charge in [-0.25, -0.2) is 4.79 Å². The third-order valence-electron chi connectivity index (χ3n) is 3.01. The Balaban J connectivity index is 3.75. The van der Waals surface area contributed by atoms with Crippen molar-refractivity contribution >= 4 is 6.09 Å². The van der Waals surface area contributed by atoms with Gasteiger partial charge in [-0.15, -0.1) is 0 Å². The fourth-order valence-electron chi connectivity index (χ4n) is 1.94. The first kappa shape index (κ1) is 15.3. The SMILES string of the molecule is CCCCCCCC(C)N(CC)C(=O)OC. The minimum Gasteiger partial charge on any atom is -0.453 e. The predicted molar refractivity (Wildman–Crippen MR) is 67.6 cm³/mol. The van der Waals surface area contributed by atoms with Gasteiger partial charge in [0.2, 0.25) is 0 Å². The Kier molecular flexibility index (Phi) is 9.06. The minimum atomic E-state index is -0.205. The number of ether oxygens (including phenoxy) is 1. The van der Waals surface area contributed by atoms with Crippen LogP contribution >= 0.6 is 0 Å². The van der Waals surface area contributed by atoms with Crippen LogP contribution in [-0.2, 0) is 4.74 Å². The van der Waals surface area contributed by atoms with Crippen LogP contribution in [0.4, 0.5) is 4.79 Å². The summed E-state index contributed by atoms with van der Waals surface area (Å²) in [5.74, 6) is 0. The Hall–Kier alpha value is -0.730. The molecule has 0 aliphatic heterocycles. The number of carbonyl (C=O) groups is 1. The number of amides is 1. The number of nitrogens with zero attached hydrogens (tertiary/aromatic N) is 1. The maximum Gasteiger partial charge on any atom is 0.409 e. The highest BCUT2D eigenvalue weighted by Gasteiger charge is 2.17. The molecule has 0 aromatic carbocycles. The van der Waals surface area contributed by atoms with Crippen LogP contribution in [0.1, 0.15) is 59.3 Å². The molecule has 1 unspecified atom stereocenters. The lowest BCUT2D eigenvalue weighted by Gasteiger charge is -2.26. The van der Waals surface area contributed by atoms with Crippen molar-refractivity contribution < 1.29 is 9.53 Å². The molecule has 0 fully saturated rings. The molecule has 16 heavy (non-hydrogen) atoms. The van der Waals surface area contributed by atoms with E-state index >= 15 is 0 Å². The van der Waals surface area contributed by atoms with Gasteiger partial charge in [0.05, 0.1) is 7.11 Å². The van der Waals surface area contributed by atoms with Gasteiger partial charge in [0, 0.05) is 12.6 Å². The van der Waals surface area contributed by atoms with Gasteiger partial charge in [-0.2, -0.15) is 0 Å². The van der Waals surface area contributed by atoms with E-state index in [1.165, 1.54) is 39.2 Å². The quantitative estimate of drug-likeness (QED) is 0.592. The summed E-state index contributed by atoms with van der Waals surface area (Å²) in [6.07, 6.45) is 7.26. The Morgan fingerprint density at radius 1 is 1.19 bits per heavy atom. The Morgan fingerprint density at radius 3 is 2.31 bits per heavy atom. The second kappa shape index (κ2) is 9.49. The molecule has 0 heterocycles. The molecule has 0 aromatic heterocycles. The fourth-order valence-corrected chi connectivity index (χ4v) is 1.94. The zero-order valence-electron chi connectivity index (χ0n) is 11.3. The van der Waals surface area contributed by atoms with Crippen LogP contribution in [-0.4, -0.2) is 30.7 Å². The topological polar surface area (TPSA) is 29.5 Å². The molecule has 0 radical (unpaired) electrons.